The standard InChI is InChI=1S/C40H26N2/c1-3-11-27(12-4-1)28-19-21-32(22-20-28)42-38-18-10-8-16-34(38)36-24-29-23-35-33-15-7-9-17-37(33)41(31-13-5-2-6-14-31)39(35)25-30(29)26-40(36)42/h1-26H. The summed E-state index contributed by atoms with van der Waals surface area (Å²) in [4.78, 5) is 0. The van der Waals surface area contributed by atoms with Gasteiger partial charge in [0.1, 0.15) is 0 Å². The van der Waals surface area contributed by atoms with Crippen LogP contribution >= 0.6 is 0 Å². The fraction of sp³-hybridized carbons (Fsp3) is 0. The van der Waals surface area contributed by atoms with Crippen LogP contribution in [0.1, 0.15) is 0 Å². The number of rotatable bonds is 3. The molecule has 0 spiro atoms. The van der Waals surface area contributed by atoms with Gasteiger partial charge in [0.25, 0.3) is 0 Å². The quantitative estimate of drug-likeness (QED) is 0.213. The Morgan fingerprint density at radius 2 is 0.714 bits per heavy atom. The molecule has 0 atom stereocenters. The average molecular weight is 535 g/mol. The van der Waals surface area contributed by atoms with E-state index in [4.69, 9.17) is 0 Å². The summed E-state index contributed by atoms with van der Waals surface area (Å²) in [5, 5.41) is 7.60. The van der Waals surface area contributed by atoms with Crippen LogP contribution in [0.25, 0.3) is 76.9 Å². The first-order valence-corrected chi connectivity index (χ1v) is 14.4. The molecule has 0 N–H and O–H groups in total. The molecule has 0 bridgehead atoms. The Hall–Kier alpha value is -5.60. The van der Waals surface area contributed by atoms with Gasteiger partial charge in [-0.2, -0.15) is 0 Å². The lowest BCUT2D eigenvalue weighted by atomic mass is 10.0. The zero-order valence-electron chi connectivity index (χ0n) is 22.9. The van der Waals surface area contributed by atoms with E-state index in [1.807, 2.05) is 0 Å². The van der Waals surface area contributed by atoms with Crippen molar-refractivity contribution in [3.05, 3.63) is 158 Å². The third-order valence-corrected chi connectivity index (χ3v) is 8.67. The lowest BCUT2D eigenvalue weighted by Crippen LogP contribution is -1.94. The molecule has 0 saturated heterocycles. The Balaban J connectivity index is 1.33. The van der Waals surface area contributed by atoms with Crippen molar-refractivity contribution in [1.29, 1.82) is 0 Å². The number of aromatic nitrogens is 2. The minimum atomic E-state index is 1.17. The van der Waals surface area contributed by atoms with Gasteiger partial charge in [-0.3, -0.25) is 0 Å². The van der Waals surface area contributed by atoms with Crippen LogP contribution in [0.4, 0.5) is 0 Å². The molecule has 196 valence electrons. The summed E-state index contributed by atoms with van der Waals surface area (Å²) < 4.78 is 4.81. The molecular weight excluding hydrogens is 508 g/mol. The van der Waals surface area contributed by atoms with E-state index in [0.717, 1.165) is 0 Å². The van der Waals surface area contributed by atoms with Crippen LogP contribution in [0, 0.1) is 0 Å². The summed E-state index contributed by atoms with van der Waals surface area (Å²) in [5.74, 6) is 0. The van der Waals surface area contributed by atoms with Crippen LogP contribution in [0.15, 0.2) is 158 Å². The van der Waals surface area contributed by atoms with Crippen molar-refractivity contribution in [3.8, 4) is 22.5 Å². The Morgan fingerprint density at radius 3 is 1.29 bits per heavy atom. The van der Waals surface area contributed by atoms with Gasteiger partial charge in [-0.15, -0.1) is 0 Å². The monoisotopic (exact) mass is 534 g/mol. The zero-order chi connectivity index (χ0) is 27.6. The molecule has 2 heteroatoms. The average Bonchev–Trinajstić information content (AvgIpc) is 3.55. The number of fused-ring (bicyclic) bond motifs is 7. The molecule has 9 rings (SSSR count). The van der Waals surface area contributed by atoms with Crippen LogP contribution in [0.3, 0.4) is 0 Å². The molecule has 2 heterocycles. The maximum Gasteiger partial charge on any atom is 0.0547 e. The van der Waals surface area contributed by atoms with E-state index in [1.165, 1.54) is 76.9 Å². The molecule has 0 amide bonds. The van der Waals surface area contributed by atoms with Crippen molar-refractivity contribution < 1.29 is 0 Å². The molecule has 0 aliphatic heterocycles. The highest BCUT2D eigenvalue weighted by molar-refractivity contribution is 6.18. The lowest BCUT2D eigenvalue weighted by molar-refractivity contribution is 1.18. The normalized spacial score (nSPS) is 11.8. The Labute approximate surface area is 243 Å². The second-order valence-corrected chi connectivity index (χ2v) is 11.0. The van der Waals surface area contributed by atoms with Crippen molar-refractivity contribution in [1.82, 2.24) is 9.13 Å². The summed E-state index contributed by atoms with van der Waals surface area (Å²) in [6, 6.07) is 57.2. The number of hydrogen-bond donors (Lipinski definition) is 0. The van der Waals surface area contributed by atoms with E-state index in [1.54, 1.807) is 0 Å². The second-order valence-electron chi connectivity index (χ2n) is 11.0. The van der Waals surface area contributed by atoms with Gasteiger partial charge < -0.3 is 9.13 Å². The van der Waals surface area contributed by atoms with Crippen LogP contribution in [0.2, 0.25) is 0 Å². The molecule has 2 aromatic heterocycles. The topological polar surface area (TPSA) is 9.86 Å². The third-order valence-electron chi connectivity index (χ3n) is 8.67. The van der Waals surface area contributed by atoms with Gasteiger partial charge in [0, 0.05) is 32.9 Å². The number of benzene rings is 7. The lowest BCUT2D eigenvalue weighted by Gasteiger charge is -2.11. The van der Waals surface area contributed by atoms with E-state index < -0.39 is 0 Å². The van der Waals surface area contributed by atoms with Gasteiger partial charge in [-0.05, 0) is 82.6 Å². The van der Waals surface area contributed by atoms with Gasteiger partial charge >= 0.3 is 0 Å². The Kier molecular flexibility index (Phi) is 4.93. The van der Waals surface area contributed by atoms with Gasteiger partial charge in [-0.1, -0.05) is 97.1 Å². The first-order valence-electron chi connectivity index (χ1n) is 14.4. The Bertz CT molecular complexity index is 2430. The summed E-state index contributed by atoms with van der Waals surface area (Å²) in [7, 11) is 0. The minimum absolute atomic E-state index is 1.17. The van der Waals surface area contributed by atoms with Crippen LogP contribution in [-0.4, -0.2) is 9.13 Å². The largest absolute Gasteiger partial charge is 0.309 e. The van der Waals surface area contributed by atoms with Crippen molar-refractivity contribution in [2.24, 2.45) is 0 Å². The number of nitrogens with zero attached hydrogens (tertiary/aromatic N) is 2. The fourth-order valence-electron chi connectivity index (χ4n) is 6.75. The SMILES string of the molecule is c1ccc(-c2ccc(-n3c4ccccc4c4cc5cc6c7ccccc7n(-c7ccccc7)c6cc5cc43)cc2)cc1. The molecule has 0 aliphatic carbocycles. The van der Waals surface area contributed by atoms with Gasteiger partial charge in [-0.25, -0.2) is 0 Å². The highest BCUT2D eigenvalue weighted by Gasteiger charge is 2.16. The first kappa shape index (κ1) is 23.1. The van der Waals surface area contributed by atoms with Crippen molar-refractivity contribution in [2.75, 3.05) is 0 Å². The summed E-state index contributed by atoms with van der Waals surface area (Å²) in [6.07, 6.45) is 0. The molecule has 42 heavy (non-hydrogen) atoms. The third kappa shape index (κ3) is 3.39. The van der Waals surface area contributed by atoms with Gasteiger partial charge in [0.05, 0.1) is 22.1 Å². The van der Waals surface area contributed by atoms with Gasteiger partial charge in [0.15, 0.2) is 0 Å². The zero-order valence-corrected chi connectivity index (χ0v) is 22.9. The first-order chi connectivity index (χ1) is 20.8. The van der Waals surface area contributed by atoms with Crippen LogP contribution < -0.4 is 0 Å². The van der Waals surface area contributed by atoms with Crippen molar-refractivity contribution in [2.45, 2.75) is 0 Å². The van der Waals surface area contributed by atoms with Crippen LogP contribution in [0.5, 0.6) is 0 Å². The molecule has 0 unspecified atom stereocenters. The van der Waals surface area contributed by atoms with Crippen molar-refractivity contribution >= 4 is 54.4 Å². The molecule has 7 aromatic carbocycles. The Morgan fingerprint density at radius 1 is 0.286 bits per heavy atom. The maximum absolute atomic E-state index is 2.41. The molecular formula is C40H26N2. The summed E-state index contributed by atoms with van der Waals surface area (Å²) in [6.45, 7) is 0. The predicted molar refractivity (Wildman–Crippen MR) is 178 cm³/mol. The number of para-hydroxylation sites is 3. The van der Waals surface area contributed by atoms with E-state index in [-0.39, 0.29) is 0 Å². The molecule has 0 radical (unpaired) electrons. The fourth-order valence-corrected chi connectivity index (χ4v) is 6.75. The smallest absolute Gasteiger partial charge is 0.0547 e. The van der Waals surface area contributed by atoms with E-state index in [2.05, 4.69) is 167 Å². The molecule has 0 saturated carbocycles. The van der Waals surface area contributed by atoms with Crippen LogP contribution in [-0.2, 0) is 0 Å². The summed E-state index contributed by atoms with van der Waals surface area (Å²) >= 11 is 0. The summed E-state index contributed by atoms with van der Waals surface area (Å²) in [5.41, 5.74) is 9.70. The highest BCUT2D eigenvalue weighted by Crippen LogP contribution is 2.39. The molecule has 9 aromatic rings. The molecule has 2 nitrogen and oxygen atoms in total. The molecule has 0 aliphatic rings. The highest BCUT2D eigenvalue weighted by atomic mass is 15.0. The van der Waals surface area contributed by atoms with Gasteiger partial charge in [0.2, 0.25) is 0 Å². The van der Waals surface area contributed by atoms with E-state index in [0.29, 0.717) is 0 Å². The minimum Gasteiger partial charge on any atom is -0.309 e. The van der Waals surface area contributed by atoms with Crippen molar-refractivity contribution in [3.63, 3.8) is 0 Å². The second kappa shape index (κ2) is 8.95. The number of hydrogen-bond acceptors (Lipinski definition) is 0. The molecule has 0 fully saturated rings. The van der Waals surface area contributed by atoms with E-state index in [9.17, 15) is 0 Å². The maximum atomic E-state index is 2.41. The van der Waals surface area contributed by atoms with E-state index >= 15 is 0 Å². The predicted octanol–water partition coefficient (Wildman–Crippen LogP) is 10.7.